The van der Waals surface area contributed by atoms with Crippen molar-refractivity contribution in [1.82, 2.24) is 10.2 Å². The molecule has 0 bridgehead atoms. The Morgan fingerprint density at radius 3 is 2.32 bits per heavy atom. The largest absolute Gasteiger partial charge is 0.340 e. The molecule has 0 aromatic heterocycles. The van der Waals surface area contributed by atoms with Crippen LogP contribution in [0.4, 0.5) is 0 Å². The van der Waals surface area contributed by atoms with E-state index in [2.05, 4.69) is 26.1 Å². The van der Waals surface area contributed by atoms with Gasteiger partial charge in [-0.05, 0) is 39.5 Å². The van der Waals surface area contributed by atoms with Gasteiger partial charge < -0.3 is 10.2 Å². The second kappa shape index (κ2) is 5.93. The number of hydrogen-bond acceptors (Lipinski definition) is 2. The minimum atomic E-state index is -0.785. The molecule has 2 amide bonds. The van der Waals surface area contributed by atoms with Crippen LogP contribution in [0.1, 0.15) is 60.8 Å². The average molecular weight is 268 g/mol. The van der Waals surface area contributed by atoms with Crippen LogP contribution in [0, 0.1) is 5.92 Å². The molecule has 19 heavy (non-hydrogen) atoms. The monoisotopic (exact) mass is 268 g/mol. The first-order valence-electron chi connectivity index (χ1n) is 7.39. The van der Waals surface area contributed by atoms with Crippen LogP contribution in [0.15, 0.2) is 0 Å². The number of amides is 2. The maximum absolute atomic E-state index is 12.6. The van der Waals surface area contributed by atoms with E-state index in [0.29, 0.717) is 12.3 Å². The number of carbonyl (C=O) groups excluding carboxylic acids is 2. The van der Waals surface area contributed by atoms with E-state index in [4.69, 9.17) is 0 Å². The Balaban J connectivity index is 2.97. The van der Waals surface area contributed by atoms with Gasteiger partial charge in [0.1, 0.15) is 11.6 Å². The molecule has 3 unspecified atom stereocenters. The van der Waals surface area contributed by atoms with E-state index < -0.39 is 5.54 Å². The molecule has 1 N–H and O–H groups in total. The van der Waals surface area contributed by atoms with Crippen molar-refractivity contribution >= 4 is 11.8 Å². The third kappa shape index (κ3) is 3.28. The van der Waals surface area contributed by atoms with Crippen molar-refractivity contribution in [2.75, 3.05) is 0 Å². The number of piperazine rings is 1. The zero-order valence-electron chi connectivity index (χ0n) is 13.1. The van der Waals surface area contributed by atoms with Gasteiger partial charge in [-0.1, -0.05) is 27.2 Å². The van der Waals surface area contributed by atoms with Crippen LogP contribution in [0.2, 0.25) is 0 Å². The Morgan fingerprint density at radius 2 is 1.84 bits per heavy atom. The summed E-state index contributed by atoms with van der Waals surface area (Å²) in [5.74, 6) is 0.575. The lowest BCUT2D eigenvalue weighted by atomic mass is 9.91. The molecule has 0 spiro atoms. The molecule has 1 aliphatic heterocycles. The van der Waals surface area contributed by atoms with E-state index in [1.807, 2.05) is 11.8 Å². The number of rotatable bonds is 5. The van der Waals surface area contributed by atoms with E-state index in [-0.39, 0.29) is 23.9 Å². The average Bonchev–Trinajstić information content (AvgIpc) is 2.32. The highest BCUT2D eigenvalue weighted by Gasteiger charge is 2.46. The smallest absolute Gasteiger partial charge is 0.248 e. The molecule has 0 aromatic rings. The van der Waals surface area contributed by atoms with Crippen molar-refractivity contribution in [3.05, 3.63) is 0 Å². The van der Waals surface area contributed by atoms with Crippen molar-refractivity contribution in [2.24, 2.45) is 5.92 Å². The Morgan fingerprint density at radius 1 is 1.26 bits per heavy atom. The standard InChI is InChI=1S/C15H28N2O2/c1-7-10(3)9-11(4)17-12(8-2)13(18)16-15(5,6)14(17)19/h10-12H,7-9H2,1-6H3,(H,16,18). The van der Waals surface area contributed by atoms with Crippen LogP contribution in [0.5, 0.6) is 0 Å². The molecule has 3 atom stereocenters. The lowest BCUT2D eigenvalue weighted by Gasteiger charge is -2.46. The number of nitrogens with zero attached hydrogens (tertiary/aromatic N) is 1. The number of carbonyl (C=O) groups is 2. The van der Waals surface area contributed by atoms with Gasteiger partial charge in [-0.15, -0.1) is 0 Å². The summed E-state index contributed by atoms with van der Waals surface area (Å²) in [4.78, 5) is 26.5. The van der Waals surface area contributed by atoms with Gasteiger partial charge in [0.2, 0.25) is 11.8 Å². The Kier molecular flexibility index (Phi) is 4.99. The molecule has 0 saturated carbocycles. The minimum Gasteiger partial charge on any atom is -0.340 e. The van der Waals surface area contributed by atoms with Crippen LogP contribution in [0.25, 0.3) is 0 Å². The summed E-state index contributed by atoms with van der Waals surface area (Å²) >= 11 is 0. The van der Waals surface area contributed by atoms with Crippen LogP contribution in [-0.2, 0) is 9.59 Å². The Bertz CT molecular complexity index is 352. The minimum absolute atomic E-state index is 0.0249. The summed E-state index contributed by atoms with van der Waals surface area (Å²) in [5.41, 5.74) is -0.785. The highest BCUT2D eigenvalue weighted by atomic mass is 16.2. The predicted octanol–water partition coefficient (Wildman–Crippen LogP) is 2.33. The van der Waals surface area contributed by atoms with Crippen LogP contribution in [-0.4, -0.2) is 34.3 Å². The zero-order valence-corrected chi connectivity index (χ0v) is 13.1. The first-order chi connectivity index (χ1) is 8.74. The molecule has 1 rings (SSSR count). The van der Waals surface area contributed by atoms with E-state index in [1.54, 1.807) is 13.8 Å². The fraction of sp³-hybridized carbons (Fsp3) is 0.867. The van der Waals surface area contributed by atoms with Gasteiger partial charge in [0.05, 0.1) is 0 Å². The normalized spacial score (nSPS) is 26.0. The third-order valence-electron chi connectivity index (χ3n) is 4.15. The molecule has 110 valence electrons. The fourth-order valence-electron chi connectivity index (χ4n) is 2.79. The number of nitrogens with one attached hydrogen (secondary N) is 1. The summed E-state index contributed by atoms with van der Waals surface area (Å²) < 4.78 is 0. The quantitative estimate of drug-likeness (QED) is 0.832. The summed E-state index contributed by atoms with van der Waals surface area (Å²) in [6.45, 7) is 11.9. The lowest BCUT2D eigenvalue weighted by Crippen LogP contribution is -2.69. The summed E-state index contributed by atoms with van der Waals surface area (Å²) in [7, 11) is 0. The molecule has 0 aromatic carbocycles. The predicted molar refractivity (Wildman–Crippen MR) is 76.7 cm³/mol. The maximum Gasteiger partial charge on any atom is 0.248 e. The third-order valence-corrected chi connectivity index (χ3v) is 4.15. The van der Waals surface area contributed by atoms with Crippen LogP contribution in [0.3, 0.4) is 0 Å². The molecule has 1 saturated heterocycles. The van der Waals surface area contributed by atoms with E-state index in [1.165, 1.54) is 0 Å². The van der Waals surface area contributed by atoms with E-state index in [9.17, 15) is 9.59 Å². The van der Waals surface area contributed by atoms with Gasteiger partial charge in [-0.2, -0.15) is 0 Å². The van der Waals surface area contributed by atoms with Crippen molar-refractivity contribution in [3.63, 3.8) is 0 Å². The van der Waals surface area contributed by atoms with Crippen molar-refractivity contribution < 1.29 is 9.59 Å². The molecular formula is C15H28N2O2. The van der Waals surface area contributed by atoms with Gasteiger partial charge in [-0.25, -0.2) is 0 Å². The van der Waals surface area contributed by atoms with Gasteiger partial charge in [0.25, 0.3) is 0 Å². The van der Waals surface area contributed by atoms with Gasteiger partial charge in [0.15, 0.2) is 0 Å². The van der Waals surface area contributed by atoms with Gasteiger partial charge in [0, 0.05) is 6.04 Å². The summed E-state index contributed by atoms with van der Waals surface area (Å²) in [6.07, 6.45) is 2.71. The second-order valence-corrected chi connectivity index (χ2v) is 6.35. The van der Waals surface area contributed by atoms with Crippen molar-refractivity contribution in [1.29, 1.82) is 0 Å². The SMILES string of the molecule is CCC(C)CC(C)N1C(=O)C(C)(C)NC(=O)C1CC. The first kappa shape index (κ1) is 16.0. The first-order valence-corrected chi connectivity index (χ1v) is 7.39. The van der Waals surface area contributed by atoms with Crippen molar-refractivity contribution in [2.45, 2.75) is 78.4 Å². The highest BCUT2D eigenvalue weighted by Crippen LogP contribution is 2.25. The molecule has 1 fully saturated rings. The molecule has 1 aliphatic rings. The molecule has 4 nitrogen and oxygen atoms in total. The van der Waals surface area contributed by atoms with Crippen LogP contribution < -0.4 is 5.32 Å². The zero-order chi connectivity index (χ0) is 14.8. The second-order valence-electron chi connectivity index (χ2n) is 6.35. The van der Waals surface area contributed by atoms with E-state index in [0.717, 1.165) is 12.8 Å². The maximum atomic E-state index is 12.6. The topological polar surface area (TPSA) is 49.4 Å². The van der Waals surface area contributed by atoms with Crippen molar-refractivity contribution in [3.8, 4) is 0 Å². The van der Waals surface area contributed by atoms with Gasteiger partial charge in [-0.3, -0.25) is 9.59 Å². The number of hydrogen-bond donors (Lipinski definition) is 1. The Labute approximate surface area is 116 Å². The molecule has 4 heteroatoms. The Hall–Kier alpha value is -1.06. The summed E-state index contributed by atoms with van der Waals surface area (Å²) in [5, 5.41) is 2.83. The molecule has 1 heterocycles. The molecular weight excluding hydrogens is 240 g/mol. The lowest BCUT2D eigenvalue weighted by molar-refractivity contribution is -0.156. The van der Waals surface area contributed by atoms with Crippen LogP contribution >= 0.6 is 0 Å². The fourth-order valence-corrected chi connectivity index (χ4v) is 2.79. The van der Waals surface area contributed by atoms with E-state index >= 15 is 0 Å². The highest BCUT2D eigenvalue weighted by molar-refractivity contribution is 5.99. The molecule has 0 radical (unpaired) electrons. The molecule has 0 aliphatic carbocycles. The van der Waals surface area contributed by atoms with Gasteiger partial charge >= 0.3 is 0 Å². The summed E-state index contributed by atoms with van der Waals surface area (Å²) in [6, 6.07) is -0.211.